The average molecular weight is 401 g/mol. The number of amides is 1. The molecule has 1 N–H and O–H groups in total. The molecule has 0 saturated heterocycles. The van der Waals surface area contributed by atoms with E-state index in [1.807, 2.05) is 12.1 Å². The number of H-pyrrole nitrogens is 1. The number of nitrogens with one attached hydrogen (secondary N) is 1. The topological polar surface area (TPSA) is 70.5 Å². The first-order chi connectivity index (χ1) is 13.0. The number of carbonyl (C=O) groups is 1. The highest BCUT2D eigenvalue weighted by molar-refractivity contribution is 6.42. The molecule has 136 valence electrons. The fourth-order valence-corrected chi connectivity index (χ4v) is 3.34. The summed E-state index contributed by atoms with van der Waals surface area (Å²) < 4.78 is 1.57. The Kier molecular flexibility index (Phi) is 4.37. The summed E-state index contributed by atoms with van der Waals surface area (Å²) in [6, 6.07) is 12.3. The second-order valence-corrected chi connectivity index (χ2v) is 7.01. The van der Waals surface area contributed by atoms with Crippen molar-refractivity contribution in [3.8, 4) is 0 Å². The Morgan fingerprint density at radius 3 is 2.74 bits per heavy atom. The van der Waals surface area contributed by atoms with Gasteiger partial charge in [0.1, 0.15) is 11.2 Å². The van der Waals surface area contributed by atoms with E-state index in [9.17, 15) is 9.59 Å². The van der Waals surface area contributed by atoms with Crippen molar-refractivity contribution in [1.29, 1.82) is 0 Å². The number of halogens is 2. The predicted octanol–water partition coefficient (Wildman–Crippen LogP) is 3.75. The number of fused-ring (bicyclic) bond motifs is 3. The molecule has 8 heteroatoms. The molecule has 0 fully saturated rings. The Labute approximate surface area is 163 Å². The minimum Gasteiger partial charge on any atom is -0.337 e. The van der Waals surface area contributed by atoms with E-state index >= 15 is 0 Å². The van der Waals surface area contributed by atoms with Crippen LogP contribution in [0.15, 0.2) is 53.5 Å². The normalized spacial score (nSPS) is 11.2. The van der Waals surface area contributed by atoms with Gasteiger partial charge in [-0.3, -0.25) is 9.59 Å². The Morgan fingerprint density at radius 2 is 1.96 bits per heavy atom. The zero-order valence-electron chi connectivity index (χ0n) is 14.2. The van der Waals surface area contributed by atoms with E-state index in [2.05, 4.69) is 10.1 Å². The highest BCUT2D eigenvalue weighted by atomic mass is 35.5. The van der Waals surface area contributed by atoms with Crippen molar-refractivity contribution in [3.05, 3.63) is 80.2 Å². The standard InChI is InChI=1S/C19H14Cl2N4O2/c1-24(10-11-6-7-14(20)15(21)8-11)19(27)13-9-22-25-16-5-3-2-4-12(16)18(26)23-17(13)25/h2-9H,10H2,1H3,(H,23,26). The lowest BCUT2D eigenvalue weighted by molar-refractivity contribution is 0.0787. The fourth-order valence-electron chi connectivity index (χ4n) is 3.02. The number of para-hydroxylation sites is 1. The van der Waals surface area contributed by atoms with E-state index in [0.29, 0.717) is 38.7 Å². The van der Waals surface area contributed by atoms with Crippen LogP contribution in [0.3, 0.4) is 0 Å². The van der Waals surface area contributed by atoms with Gasteiger partial charge in [-0.1, -0.05) is 41.4 Å². The van der Waals surface area contributed by atoms with E-state index in [-0.39, 0.29) is 11.5 Å². The molecular formula is C19H14Cl2N4O2. The molecule has 2 aromatic heterocycles. The van der Waals surface area contributed by atoms with E-state index in [1.54, 1.807) is 41.9 Å². The number of aromatic nitrogens is 3. The SMILES string of the molecule is CN(Cc1ccc(Cl)c(Cl)c1)C(=O)c1cnn2c1[nH]c(=O)c1ccccc12. The molecule has 2 heterocycles. The highest BCUT2D eigenvalue weighted by Gasteiger charge is 2.19. The molecule has 0 atom stereocenters. The molecule has 0 bridgehead atoms. The van der Waals surface area contributed by atoms with Gasteiger partial charge in [-0.15, -0.1) is 0 Å². The molecule has 0 spiro atoms. The number of aromatic amines is 1. The van der Waals surface area contributed by atoms with Crippen LogP contribution in [0.25, 0.3) is 16.6 Å². The number of carbonyl (C=O) groups excluding carboxylic acids is 1. The molecule has 0 aliphatic heterocycles. The maximum Gasteiger partial charge on any atom is 0.259 e. The van der Waals surface area contributed by atoms with E-state index in [4.69, 9.17) is 23.2 Å². The summed E-state index contributed by atoms with van der Waals surface area (Å²) in [4.78, 5) is 29.6. The van der Waals surface area contributed by atoms with Gasteiger partial charge >= 0.3 is 0 Å². The zero-order valence-corrected chi connectivity index (χ0v) is 15.8. The molecule has 2 aromatic carbocycles. The van der Waals surface area contributed by atoms with Crippen molar-refractivity contribution in [2.24, 2.45) is 0 Å². The van der Waals surface area contributed by atoms with Gasteiger partial charge in [-0.25, -0.2) is 4.52 Å². The number of rotatable bonds is 3. The monoisotopic (exact) mass is 400 g/mol. The summed E-state index contributed by atoms with van der Waals surface area (Å²) in [5.74, 6) is -0.262. The molecule has 4 aromatic rings. The molecule has 4 rings (SSSR count). The molecule has 0 radical (unpaired) electrons. The third kappa shape index (κ3) is 3.07. The van der Waals surface area contributed by atoms with Gasteiger partial charge < -0.3 is 9.88 Å². The molecule has 1 amide bonds. The first-order valence-corrected chi connectivity index (χ1v) is 8.89. The summed E-state index contributed by atoms with van der Waals surface area (Å²) in [5, 5.41) is 5.69. The largest absolute Gasteiger partial charge is 0.337 e. The molecule has 0 aliphatic carbocycles. The molecule has 6 nitrogen and oxygen atoms in total. The van der Waals surface area contributed by atoms with E-state index in [0.717, 1.165) is 5.56 Å². The number of nitrogens with zero attached hydrogens (tertiary/aromatic N) is 3. The van der Waals surface area contributed by atoms with Gasteiger partial charge in [0.2, 0.25) is 0 Å². The van der Waals surface area contributed by atoms with Gasteiger partial charge in [0.05, 0.1) is 27.1 Å². The van der Waals surface area contributed by atoms with Crippen molar-refractivity contribution in [1.82, 2.24) is 19.5 Å². The van der Waals surface area contributed by atoms with Gasteiger partial charge in [-0.2, -0.15) is 5.10 Å². The van der Waals surface area contributed by atoms with Gasteiger partial charge in [0.15, 0.2) is 0 Å². The van der Waals surface area contributed by atoms with Crippen molar-refractivity contribution in [2.45, 2.75) is 6.54 Å². The highest BCUT2D eigenvalue weighted by Crippen LogP contribution is 2.23. The van der Waals surface area contributed by atoms with Crippen molar-refractivity contribution in [3.63, 3.8) is 0 Å². The molecule has 27 heavy (non-hydrogen) atoms. The van der Waals surface area contributed by atoms with Crippen LogP contribution in [0.5, 0.6) is 0 Å². The van der Waals surface area contributed by atoms with Crippen molar-refractivity contribution >= 4 is 45.7 Å². The van der Waals surface area contributed by atoms with E-state index < -0.39 is 0 Å². The summed E-state index contributed by atoms with van der Waals surface area (Å²) >= 11 is 12.0. The molecule has 0 unspecified atom stereocenters. The maximum absolute atomic E-state index is 12.9. The van der Waals surface area contributed by atoms with Crippen LogP contribution >= 0.6 is 23.2 Å². The second kappa shape index (κ2) is 6.72. The molecular weight excluding hydrogens is 387 g/mol. The van der Waals surface area contributed by atoms with Crippen LogP contribution in [0.4, 0.5) is 0 Å². The third-order valence-electron chi connectivity index (χ3n) is 4.36. The third-order valence-corrected chi connectivity index (χ3v) is 5.10. The Hall–Kier alpha value is -2.83. The van der Waals surface area contributed by atoms with Crippen LogP contribution < -0.4 is 5.56 Å². The van der Waals surface area contributed by atoms with Gasteiger partial charge in [0, 0.05) is 13.6 Å². The molecule has 0 aliphatic rings. The Bertz CT molecular complexity index is 1250. The maximum atomic E-state index is 12.9. The lowest BCUT2D eigenvalue weighted by atomic mass is 10.2. The lowest BCUT2D eigenvalue weighted by Crippen LogP contribution is -2.26. The number of hydrogen-bond donors (Lipinski definition) is 1. The lowest BCUT2D eigenvalue weighted by Gasteiger charge is -2.17. The summed E-state index contributed by atoms with van der Waals surface area (Å²) in [6.07, 6.45) is 1.46. The number of hydrogen-bond acceptors (Lipinski definition) is 3. The van der Waals surface area contributed by atoms with Crippen LogP contribution in [0.2, 0.25) is 10.0 Å². The van der Waals surface area contributed by atoms with Crippen LogP contribution in [-0.4, -0.2) is 32.5 Å². The Morgan fingerprint density at radius 1 is 1.19 bits per heavy atom. The minimum atomic E-state index is -0.264. The average Bonchev–Trinajstić information content (AvgIpc) is 3.08. The second-order valence-electron chi connectivity index (χ2n) is 6.20. The quantitative estimate of drug-likeness (QED) is 0.569. The van der Waals surface area contributed by atoms with Crippen LogP contribution in [0.1, 0.15) is 15.9 Å². The van der Waals surface area contributed by atoms with Crippen molar-refractivity contribution in [2.75, 3.05) is 7.05 Å². The first-order valence-electron chi connectivity index (χ1n) is 8.14. The fraction of sp³-hybridized carbons (Fsp3) is 0.105. The van der Waals surface area contributed by atoms with Crippen molar-refractivity contribution < 1.29 is 4.79 Å². The minimum absolute atomic E-state index is 0.262. The van der Waals surface area contributed by atoms with E-state index in [1.165, 1.54) is 11.1 Å². The summed E-state index contributed by atoms with van der Waals surface area (Å²) in [7, 11) is 1.67. The first kappa shape index (κ1) is 17.6. The zero-order chi connectivity index (χ0) is 19.1. The predicted molar refractivity (Wildman–Crippen MR) is 106 cm³/mol. The Balaban J connectivity index is 1.72. The summed E-state index contributed by atoms with van der Waals surface area (Å²) in [5.41, 5.74) is 1.91. The van der Waals surface area contributed by atoms with Gasteiger partial charge in [-0.05, 0) is 29.8 Å². The van der Waals surface area contributed by atoms with Crippen LogP contribution in [0, 0.1) is 0 Å². The van der Waals surface area contributed by atoms with Gasteiger partial charge in [0.25, 0.3) is 11.5 Å². The number of benzene rings is 2. The summed E-state index contributed by atoms with van der Waals surface area (Å²) in [6.45, 7) is 0.338. The van der Waals surface area contributed by atoms with Crippen LogP contribution in [-0.2, 0) is 6.54 Å². The smallest absolute Gasteiger partial charge is 0.259 e. The molecule has 0 saturated carbocycles.